The van der Waals surface area contributed by atoms with Crippen molar-refractivity contribution in [3.8, 4) is 5.75 Å². The molecule has 1 atom stereocenters. The Kier molecular flexibility index (Phi) is 4.96. The van der Waals surface area contributed by atoms with Gasteiger partial charge in [-0.3, -0.25) is 0 Å². The molecule has 0 amide bonds. The second kappa shape index (κ2) is 6.02. The quantitative estimate of drug-likeness (QED) is 0.838. The van der Waals surface area contributed by atoms with Crippen molar-refractivity contribution in [2.75, 3.05) is 6.61 Å². The number of halogens is 1. The monoisotopic (exact) mass is 302 g/mol. The highest BCUT2D eigenvalue weighted by Crippen LogP contribution is 2.34. The van der Waals surface area contributed by atoms with Crippen molar-refractivity contribution >= 4 is 21.9 Å². The van der Waals surface area contributed by atoms with Gasteiger partial charge < -0.3 is 14.9 Å². The highest BCUT2D eigenvalue weighted by molar-refractivity contribution is 9.10. The van der Waals surface area contributed by atoms with Crippen molar-refractivity contribution in [1.29, 1.82) is 0 Å². The molecule has 94 valence electrons. The minimum atomic E-state index is -1.46. The molecule has 4 nitrogen and oxygen atoms in total. The van der Waals surface area contributed by atoms with Crippen LogP contribution in [0, 0.1) is 0 Å². The first kappa shape index (κ1) is 14.0. The van der Waals surface area contributed by atoms with Gasteiger partial charge in [0.25, 0.3) is 0 Å². The lowest BCUT2D eigenvalue weighted by atomic mass is 10.0. The topological polar surface area (TPSA) is 66.8 Å². The van der Waals surface area contributed by atoms with Crippen LogP contribution in [0.5, 0.6) is 5.75 Å². The van der Waals surface area contributed by atoms with Gasteiger partial charge in [0, 0.05) is 5.56 Å². The minimum absolute atomic E-state index is 0.136. The summed E-state index contributed by atoms with van der Waals surface area (Å²) in [4.78, 5) is 11.4. The first-order valence-corrected chi connectivity index (χ1v) is 6.16. The SMILES string of the molecule is CCOC(=O)C(O)c1cc(CC)cc(Br)c1O. The zero-order valence-corrected chi connectivity index (χ0v) is 11.3. The number of phenols is 1. The summed E-state index contributed by atoms with van der Waals surface area (Å²) >= 11 is 3.18. The van der Waals surface area contributed by atoms with Gasteiger partial charge in [0.15, 0.2) is 6.10 Å². The summed E-state index contributed by atoms with van der Waals surface area (Å²) in [6.07, 6.45) is -0.723. The normalized spacial score (nSPS) is 12.2. The Morgan fingerprint density at radius 1 is 1.47 bits per heavy atom. The molecule has 17 heavy (non-hydrogen) atoms. The number of aliphatic hydroxyl groups excluding tert-OH is 1. The summed E-state index contributed by atoms with van der Waals surface area (Å²) in [7, 11) is 0. The van der Waals surface area contributed by atoms with Gasteiger partial charge in [0.05, 0.1) is 11.1 Å². The molecule has 1 rings (SSSR count). The average molecular weight is 303 g/mol. The van der Waals surface area contributed by atoms with Crippen LogP contribution in [0.15, 0.2) is 16.6 Å². The number of aliphatic hydroxyl groups is 1. The maximum absolute atomic E-state index is 11.4. The Morgan fingerprint density at radius 3 is 2.65 bits per heavy atom. The molecule has 1 aromatic carbocycles. The second-order valence-corrected chi connectivity index (χ2v) is 4.38. The lowest BCUT2D eigenvalue weighted by molar-refractivity contribution is -0.153. The van der Waals surface area contributed by atoms with E-state index in [1.165, 1.54) is 0 Å². The minimum Gasteiger partial charge on any atom is -0.506 e. The van der Waals surface area contributed by atoms with E-state index in [9.17, 15) is 15.0 Å². The molecule has 0 bridgehead atoms. The van der Waals surface area contributed by atoms with E-state index >= 15 is 0 Å². The van der Waals surface area contributed by atoms with Crippen molar-refractivity contribution in [2.45, 2.75) is 26.4 Å². The van der Waals surface area contributed by atoms with Crippen LogP contribution in [0.4, 0.5) is 0 Å². The van der Waals surface area contributed by atoms with E-state index < -0.39 is 12.1 Å². The summed E-state index contributed by atoms with van der Waals surface area (Å²) in [6.45, 7) is 3.79. The Balaban J connectivity index is 3.11. The molecule has 0 fully saturated rings. The number of benzene rings is 1. The van der Waals surface area contributed by atoms with Crippen molar-refractivity contribution in [3.63, 3.8) is 0 Å². The molecule has 0 spiro atoms. The van der Waals surface area contributed by atoms with Crippen LogP contribution in [0.2, 0.25) is 0 Å². The van der Waals surface area contributed by atoms with Crippen LogP contribution in [0.1, 0.15) is 31.1 Å². The summed E-state index contributed by atoms with van der Waals surface area (Å²) in [6, 6.07) is 3.35. The third-order valence-electron chi connectivity index (χ3n) is 2.37. The van der Waals surface area contributed by atoms with E-state index in [-0.39, 0.29) is 17.9 Å². The molecule has 2 N–H and O–H groups in total. The fraction of sp³-hybridized carbons (Fsp3) is 0.417. The van der Waals surface area contributed by atoms with E-state index in [2.05, 4.69) is 15.9 Å². The molecular weight excluding hydrogens is 288 g/mol. The first-order valence-electron chi connectivity index (χ1n) is 5.37. The van der Waals surface area contributed by atoms with Crippen molar-refractivity contribution < 1.29 is 19.7 Å². The van der Waals surface area contributed by atoms with E-state index in [4.69, 9.17) is 4.74 Å². The number of esters is 1. The Morgan fingerprint density at radius 2 is 2.12 bits per heavy atom. The summed E-state index contributed by atoms with van der Waals surface area (Å²) < 4.78 is 5.16. The maximum atomic E-state index is 11.4. The molecule has 0 saturated carbocycles. The van der Waals surface area contributed by atoms with Crippen molar-refractivity contribution in [3.05, 3.63) is 27.7 Å². The zero-order chi connectivity index (χ0) is 13.0. The molecule has 0 aromatic heterocycles. The Hall–Kier alpha value is -1.07. The number of hydrogen-bond donors (Lipinski definition) is 2. The van der Waals surface area contributed by atoms with Gasteiger partial charge in [-0.1, -0.05) is 6.92 Å². The molecule has 5 heteroatoms. The van der Waals surface area contributed by atoms with Crippen molar-refractivity contribution in [2.24, 2.45) is 0 Å². The fourth-order valence-electron chi connectivity index (χ4n) is 1.44. The Labute approximate surface area is 108 Å². The largest absolute Gasteiger partial charge is 0.506 e. The number of aromatic hydroxyl groups is 1. The molecule has 1 unspecified atom stereocenters. The molecule has 0 heterocycles. The highest BCUT2D eigenvalue weighted by Gasteiger charge is 2.23. The molecule has 1 aromatic rings. The predicted molar refractivity (Wildman–Crippen MR) is 66.8 cm³/mol. The van der Waals surface area contributed by atoms with Crippen molar-refractivity contribution in [1.82, 2.24) is 0 Å². The predicted octanol–water partition coefficient (Wildman–Crippen LogP) is 2.31. The van der Waals surface area contributed by atoms with Gasteiger partial charge in [-0.25, -0.2) is 4.79 Å². The lowest BCUT2D eigenvalue weighted by Crippen LogP contribution is -2.15. The van der Waals surface area contributed by atoms with Gasteiger partial charge in [-0.15, -0.1) is 0 Å². The standard InChI is InChI=1S/C12H15BrO4/c1-3-7-5-8(10(14)9(13)6-7)11(15)12(16)17-4-2/h5-6,11,14-15H,3-4H2,1-2H3. The molecule has 0 aliphatic rings. The number of rotatable bonds is 4. The van der Waals surface area contributed by atoms with Crippen LogP contribution in [-0.2, 0) is 16.0 Å². The molecule has 0 aliphatic heterocycles. The molecule has 0 radical (unpaired) electrons. The van der Waals surface area contributed by atoms with Crippen LogP contribution >= 0.6 is 15.9 Å². The van der Waals surface area contributed by atoms with Crippen LogP contribution in [0.25, 0.3) is 0 Å². The van der Waals surface area contributed by atoms with E-state index in [0.717, 1.165) is 12.0 Å². The zero-order valence-electron chi connectivity index (χ0n) is 9.74. The van der Waals surface area contributed by atoms with Gasteiger partial charge in [-0.05, 0) is 47.0 Å². The number of hydrogen-bond acceptors (Lipinski definition) is 4. The average Bonchev–Trinajstić information content (AvgIpc) is 2.31. The lowest BCUT2D eigenvalue weighted by Gasteiger charge is -2.14. The number of aryl methyl sites for hydroxylation is 1. The van der Waals surface area contributed by atoms with E-state index in [1.54, 1.807) is 19.1 Å². The molecule has 0 aliphatic carbocycles. The van der Waals surface area contributed by atoms with Gasteiger partial charge in [0.1, 0.15) is 5.75 Å². The molecule has 0 saturated heterocycles. The van der Waals surface area contributed by atoms with E-state index in [0.29, 0.717) is 4.47 Å². The van der Waals surface area contributed by atoms with Gasteiger partial charge in [0.2, 0.25) is 0 Å². The van der Waals surface area contributed by atoms with E-state index in [1.807, 2.05) is 6.92 Å². The molecular formula is C12H15BrO4. The Bertz CT molecular complexity index is 417. The highest BCUT2D eigenvalue weighted by atomic mass is 79.9. The number of ether oxygens (including phenoxy) is 1. The van der Waals surface area contributed by atoms with Crippen LogP contribution in [0.3, 0.4) is 0 Å². The van der Waals surface area contributed by atoms with Gasteiger partial charge in [-0.2, -0.15) is 0 Å². The third kappa shape index (κ3) is 3.20. The fourth-order valence-corrected chi connectivity index (χ4v) is 1.96. The smallest absolute Gasteiger partial charge is 0.339 e. The number of phenolic OH excluding ortho intramolecular Hbond substituents is 1. The number of carbonyl (C=O) groups is 1. The van der Waals surface area contributed by atoms with Crippen LogP contribution in [-0.4, -0.2) is 22.8 Å². The summed E-state index contributed by atoms with van der Waals surface area (Å²) in [5.41, 5.74) is 1.07. The first-order chi connectivity index (χ1) is 8.01. The summed E-state index contributed by atoms with van der Waals surface area (Å²) in [5.74, 6) is -0.897. The number of carbonyl (C=O) groups excluding carboxylic acids is 1. The summed E-state index contributed by atoms with van der Waals surface area (Å²) in [5, 5.41) is 19.6. The van der Waals surface area contributed by atoms with Crippen LogP contribution < -0.4 is 0 Å². The maximum Gasteiger partial charge on any atom is 0.339 e. The van der Waals surface area contributed by atoms with Gasteiger partial charge >= 0.3 is 5.97 Å². The second-order valence-electron chi connectivity index (χ2n) is 3.52. The third-order valence-corrected chi connectivity index (χ3v) is 2.97.